The molecule has 1 aliphatic heterocycles. The van der Waals surface area contributed by atoms with Crippen molar-refractivity contribution in [1.82, 2.24) is 10.2 Å². The molecule has 0 bridgehead atoms. The summed E-state index contributed by atoms with van der Waals surface area (Å²) in [6.07, 6.45) is 3.34. The van der Waals surface area contributed by atoms with Gasteiger partial charge in [0.2, 0.25) is 0 Å². The maximum absolute atomic E-state index is 13.9. The summed E-state index contributed by atoms with van der Waals surface area (Å²) in [4.78, 5) is 2.38. The minimum Gasteiger partial charge on any atom is -0.309 e. The molecule has 0 aromatic heterocycles. The van der Waals surface area contributed by atoms with Crippen LogP contribution in [0, 0.1) is 11.2 Å². The van der Waals surface area contributed by atoms with E-state index in [1.54, 1.807) is 12.1 Å². The van der Waals surface area contributed by atoms with Crippen molar-refractivity contribution in [3.05, 3.63) is 35.6 Å². The molecule has 1 atom stereocenters. The van der Waals surface area contributed by atoms with E-state index in [-0.39, 0.29) is 11.9 Å². The molecule has 1 fully saturated rings. The first kappa shape index (κ1) is 15.5. The van der Waals surface area contributed by atoms with Gasteiger partial charge in [0.05, 0.1) is 0 Å². The van der Waals surface area contributed by atoms with E-state index in [4.69, 9.17) is 0 Å². The topological polar surface area (TPSA) is 15.3 Å². The molecule has 0 radical (unpaired) electrons. The normalized spacial score (nSPS) is 20.8. The van der Waals surface area contributed by atoms with Crippen molar-refractivity contribution in [2.24, 2.45) is 5.41 Å². The number of benzene rings is 1. The van der Waals surface area contributed by atoms with Gasteiger partial charge < -0.3 is 10.2 Å². The van der Waals surface area contributed by atoms with Gasteiger partial charge >= 0.3 is 0 Å². The highest BCUT2D eigenvalue weighted by atomic mass is 19.1. The molecule has 2 rings (SSSR count). The van der Waals surface area contributed by atoms with Gasteiger partial charge in [0, 0.05) is 18.2 Å². The molecule has 1 N–H and O–H groups in total. The zero-order valence-corrected chi connectivity index (χ0v) is 13.0. The molecule has 1 aromatic rings. The summed E-state index contributed by atoms with van der Waals surface area (Å²) in [5, 5.41) is 3.59. The predicted molar refractivity (Wildman–Crippen MR) is 82.3 cm³/mol. The van der Waals surface area contributed by atoms with Gasteiger partial charge in [-0.15, -0.1) is 0 Å². The van der Waals surface area contributed by atoms with E-state index in [9.17, 15) is 4.39 Å². The largest absolute Gasteiger partial charge is 0.309 e. The molecule has 1 saturated heterocycles. The first-order valence-corrected chi connectivity index (χ1v) is 7.70. The van der Waals surface area contributed by atoms with Crippen molar-refractivity contribution in [3.63, 3.8) is 0 Å². The Morgan fingerprint density at radius 3 is 2.55 bits per heavy atom. The van der Waals surface area contributed by atoms with Crippen molar-refractivity contribution in [2.45, 2.75) is 39.2 Å². The van der Waals surface area contributed by atoms with Crippen LogP contribution in [0.5, 0.6) is 0 Å². The maximum Gasteiger partial charge on any atom is 0.127 e. The van der Waals surface area contributed by atoms with Gasteiger partial charge in [-0.3, -0.25) is 0 Å². The number of halogens is 1. The van der Waals surface area contributed by atoms with Gasteiger partial charge in [-0.05, 0) is 50.9 Å². The Labute approximate surface area is 122 Å². The van der Waals surface area contributed by atoms with Gasteiger partial charge in [-0.2, -0.15) is 0 Å². The quantitative estimate of drug-likeness (QED) is 0.885. The third-order valence-corrected chi connectivity index (χ3v) is 4.66. The minimum absolute atomic E-state index is 0.0969. The zero-order chi connectivity index (χ0) is 14.6. The van der Waals surface area contributed by atoms with Crippen LogP contribution in [0.25, 0.3) is 0 Å². The molecule has 1 unspecified atom stereocenters. The fraction of sp³-hybridized carbons (Fsp3) is 0.647. The Hall–Kier alpha value is -0.930. The summed E-state index contributed by atoms with van der Waals surface area (Å²) in [6, 6.07) is 7.24. The number of piperidine rings is 1. The second-order valence-electron chi connectivity index (χ2n) is 6.48. The van der Waals surface area contributed by atoms with Crippen LogP contribution in [-0.4, -0.2) is 31.6 Å². The van der Waals surface area contributed by atoms with E-state index in [2.05, 4.69) is 31.1 Å². The fourth-order valence-electron chi connectivity index (χ4n) is 2.94. The Morgan fingerprint density at radius 1 is 1.30 bits per heavy atom. The van der Waals surface area contributed by atoms with Crippen LogP contribution in [0.2, 0.25) is 0 Å². The highest BCUT2D eigenvalue weighted by molar-refractivity contribution is 5.21. The van der Waals surface area contributed by atoms with Crippen LogP contribution in [-0.2, 0) is 0 Å². The van der Waals surface area contributed by atoms with Gasteiger partial charge in [0.15, 0.2) is 0 Å². The lowest BCUT2D eigenvalue weighted by atomic mass is 9.80. The van der Waals surface area contributed by atoms with Crippen molar-refractivity contribution in [3.8, 4) is 0 Å². The summed E-state index contributed by atoms with van der Waals surface area (Å²) < 4.78 is 13.9. The standard InChI is InChI=1S/C17H27FN2/c1-4-16(14-7-5-6-8-15(14)18)19-13-17(2)9-11-20(3)12-10-17/h5-8,16,19H,4,9-13H2,1-3H3. The molecule has 1 heterocycles. The number of hydrogen-bond acceptors (Lipinski definition) is 2. The lowest BCUT2D eigenvalue weighted by Gasteiger charge is -2.39. The molecule has 2 nitrogen and oxygen atoms in total. The maximum atomic E-state index is 13.9. The second kappa shape index (κ2) is 6.68. The summed E-state index contributed by atoms with van der Waals surface area (Å²) in [5.74, 6) is -0.0969. The highest BCUT2D eigenvalue weighted by Gasteiger charge is 2.29. The van der Waals surface area contributed by atoms with E-state index in [0.717, 1.165) is 31.6 Å². The summed E-state index contributed by atoms with van der Waals surface area (Å²) in [7, 11) is 2.18. The first-order chi connectivity index (χ1) is 9.54. The number of hydrogen-bond donors (Lipinski definition) is 1. The smallest absolute Gasteiger partial charge is 0.127 e. The number of nitrogens with one attached hydrogen (secondary N) is 1. The van der Waals surface area contributed by atoms with Crippen LogP contribution in [0.4, 0.5) is 4.39 Å². The number of nitrogens with zero attached hydrogens (tertiary/aromatic N) is 1. The molecule has 1 aromatic carbocycles. The van der Waals surface area contributed by atoms with Gasteiger partial charge in [-0.25, -0.2) is 4.39 Å². The van der Waals surface area contributed by atoms with Crippen LogP contribution in [0.1, 0.15) is 44.7 Å². The Morgan fingerprint density at radius 2 is 1.95 bits per heavy atom. The van der Waals surface area contributed by atoms with E-state index in [0.29, 0.717) is 5.41 Å². The Balaban J connectivity index is 1.96. The minimum atomic E-state index is -0.0969. The van der Waals surface area contributed by atoms with Crippen molar-refractivity contribution in [1.29, 1.82) is 0 Å². The number of likely N-dealkylation sites (tertiary alicyclic amines) is 1. The van der Waals surface area contributed by atoms with E-state index < -0.39 is 0 Å². The molecule has 112 valence electrons. The second-order valence-corrected chi connectivity index (χ2v) is 6.48. The average Bonchev–Trinajstić information content (AvgIpc) is 2.45. The molecular weight excluding hydrogens is 251 g/mol. The summed E-state index contributed by atoms with van der Waals surface area (Å²) in [5.41, 5.74) is 1.14. The van der Waals surface area contributed by atoms with Crippen LogP contribution >= 0.6 is 0 Å². The zero-order valence-electron chi connectivity index (χ0n) is 13.0. The molecule has 0 amide bonds. The highest BCUT2D eigenvalue weighted by Crippen LogP contribution is 2.31. The van der Waals surface area contributed by atoms with Crippen molar-refractivity contribution in [2.75, 3.05) is 26.7 Å². The molecular formula is C17H27FN2. The summed E-state index contributed by atoms with van der Waals surface area (Å²) in [6.45, 7) is 7.75. The Bertz CT molecular complexity index is 425. The fourth-order valence-corrected chi connectivity index (χ4v) is 2.94. The van der Waals surface area contributed by atoms with Gasteiger partial charge in [-0.1, -0.05) is 32.0 Å². The van der Waals surface area contributed by atoms with Crippen molar-refractivity contribution < 1.29 is 4.39 Å². The Kier molecular flexibility index (Phi) is 5.17. The van der Waals surface area contributed by atoms with E-state index in [1.165, 1.54) is 12.8 Å². The molecule has 20 heavy (non-hydrogen) atoms. The third-order valence-electron chi connectivity index (χ3n) is 4.66. The lowest BCUT2D eigenvalue weighted by molar-refractivity contribution is 0.133. The summed E-state index contributed by atoms with van der Waals surface area (Å²) >= 11 is 0. The predicted octanol–water partition coefficient (Wildman–Crippen LogP) is 3.60. The van der Waals surface area contributed by atoms with Gasteiger partial charge in [0.25, 0.3) is 0 Å². The van der Waals surface area contributed by atoms with Crippen molar-refractivity contribution >= 4 is 0 Å². The molecule has 3 heteroatoms. The van der Waals surface area contributed by atoms with E-state index >= 15 is 0 Å². The SMILES string of the molecule is CCC(NCC1(C)CCN(C)CC1)c1ccccc1F. The van der Waals surface area contributed by atoms with Gasteiger partial charge in [0.1, 0.15) is 5.82 Å². The molecule has 0 saturated carbocycles. The molecule has 0 spiro atoms. The number of rotatable bonds is 5. The van der Waals surface area contributed by atoms with Crippen LogP contribution in [0.3, 0.4) is 0 Å². The molecule has 0 aliphatic carbocycles. The monoisotopic (exact) mass is 278 g/mol. The van der Waals surface area contributed by atoms with Crippen LogP contribution < -0.4 is 5.32 Å². The lowest BCUT2D eigenvalue weighted by Crippen LogP contribution is -2.42. The average molecular weight is 278 g/mol. The van der Waals surface area contributed by atoms with Crippen LogP contribution in [0.15, 0.2) is 24.3 Å². The molecule has 1 aliphatic rings. The third kappa shape index (κ3) is 3.80. The first-order valence-electron chi connectivity index (χ1n) is 7.70. The van der Waals surface area contributed by atoms with E-state index in [1.807, 2.05) is 12.1 Å².